The van der Waals surface area contributed by atoms with Gasteiger partial charge in [0.05, 0.1) is 10.9 Å². The second kappa shape index (κ2) is 10.1. The zero-order chi connectivity index (χ0) is 31.8. The van der Waals surface area contributed by atoms with Crippen molar-refractivity contribution in [1.29, 1.82) is 4.78 Å². The minimum absolute atomic E-state index is 0.0179. The average molecular weight is 659 g/mol. The molecular formula is C27H26F8N2O4S2. The first-order valence-electron chi connectivity index (χ1n) is 13.3. The molecule has 2 fully saturated rings. The highest BCUT2D eigenvalue weighted by atomic mass is 32.2. The molecule has 2 heterocycles. The Hall–Kier alpha value is -2.75. The smallest absolute Gasteiger partial charge is 0.337 e. The fraction of sp³-hybridized carbons (Fsp3) is 0.519. The van der Waals surface area contributed by atoms with Gasteiger partial charge in [-0.05, 0) is 67.5 Å². The molecule has 1 aliphatic carbocycles. The molecule has 0 bridgehead atoms. The SMILES string of the molecule is N=S1(=O)CCC(C(=O)N2CC[C@]3(S(=O)(=O)c4ccc(F)cc4)c4ccc(C(F)(C(F)(F)F)C(F)(F)F)cc4CC[C@H]23)CC1. The summed E-state index contributed by atoms with van der Waals surface area (Å²) in [6.07, 6.45) is -13.2. The van der Waals surface area contributed by atoms with Crippen molar-refractivity contribution in [2.75, 3.05) is 18.1 Å². The van der Waals surface area contributed by atoms with Gasteiger partial charge in [-0.25, -0.2) is 21.4 Å². The summed E-state index contributed by atoms with van der Waals surface area (Å²) < 4.78 is 156. The van der Waals surface area contributed by atoms with Crippen molar-refractivity contribution in [3.63, 3.8) is 0 Å². The minimum atomic E-state index is -6.37. The van der Waals surface area contributed by atoms with Gasteiger partial charge in [0.1, 0.15) is 10.6 Å². The topological polar surface area (TPSA) is 95.4 Å². The number of aryl methyl sites for hydroxylation is 1. The van der Waals surface area contributed by atoms with Gasteiger partial charge in [-0.2, -0.15) is 26.3 Å². The summed E-state index contributed by atoms with van der Waals surface area (Å²) in [5, 5.41) is 0. The van der Waals surface area contributed by atoms with E-state index < -0.39 is 71.6 Å². The van der Waals surface area contributed by atoms with E-state index >= 15 is 0 Å². The van der Waals surface area contributed by atoms with Gasteiger partial charge in [0.25, 0.3) is 0 Å². The van der Waals surface area contributed by atoms with E-state index in [1.165, 1.54) is 4.90 Å². The molecule has 2 aliphatic heterocycles. The van der Waals surface area contributed by atoms with E-state index in [1.54, 1.807) is 0 Å². The average Bonchev–Trinajstić information content (AvgIpc) is 3.32. The number of carbonyl (C=O) groups excluding carboxylic acids is 1. The zero-order valence-electron chi connectivity index (χ0n) is 22.3. The summed E-state index contributed by atoms with van der Waals surface area (Å²) >= 11 is 0. The number of fused-ring (bicyclic) bond motifs is 3. The highest BCUT2D eigenvalue weighted by molar-refractivity contribution is 7.92. The second-order valence-electron chi connectivity index (χ2n) is 11.2. The fourth-order valence-corrected chi connectivity index (χ4v) is 10.6. The van der Waals surface area contributed by atoms with Crippen molar-refractivity contribution in [2.45, 2.75) is 65.8 Å². The van der Waals surface area contributed by atoms with Crippen LogP contribution < -0.4 is 0 Å². The number of hydrogen-bond donors (Lipinski definition) is 1. The van der Waals surface area contributed by atoms with Crippen LogP contribution in [0.25, 0.3) is 0 Å². The van der Waals surface area contributed by atoms with Gasteiger partial charge in [-0.15, -0.1) is 0 Å². The van der Waals surface area contributed by atoms with Crippen molar-refractivity contribution in [3.8, 4) is 0 Å². The monoisotopic (exact) mass is 658 g/mol. The Kier molecular flexibility index (Phi) is 7.47. The van der Waals surface area contributed by atoms with Crippen LogP contribution in [0.5, 0.6) is 0 Å². The lowest BCUT2D eigenvalue weighted by molar-refractivity contribution is -0.348. The number of halogens is 8. The van der Waals surface area contributed by atoms with E-state index in [9.17, 15) is 52.5 Å². The summed E-state index contributed by atoms with van der Waals surface area (Å²) in [6.45, 7) is -0.129. The molecule has 43 heavy (non-hydrogen) atoms. The predicted octanol–water partition coefficient (Wildman–Crippen LogP) is 5.79. The molecule has 2 saturated heterocycles. The predicted molar refractivity (Wildman–Crippen MR) is 138 cm³/mol. The quantitative estimate of drug-likeness (QED) is 0.333. The fourth-order valence-electron chi connectivity index (χ4n) is 6.71. The van der Waals surface area contributed by atoms with Crippen LogP contribution in [0, 0.1) is 16.5 Å². The third kappa shape index (κ3) is 4.82. The summed E-state index contributed by atoms with van der Waals surface area (Å²) in [5.74, 6) is -1.90. The number of likely N-dealkylation sites (tertiary alicyclic amines) is 1. The largest absolute Gasteiger partial charge is 0.435 e. The van der Waals surface area contributed by atoms with E-state index in [0.29, 0.717) is 6.07 Å². The van der Waals surface area contributed by atoms with Crippen molar-refractivity contribution in [1.82, 2.24) is 4.90 Å². The molecule has 2 atom stereocenters. The lowest BCUT2D eigenvalue weighted by atomic mass is 9.76. The van der Waals surface area contributed by atoms with Gasteiger partial charge >= 0.3 is 18.0 Å². The van der Waals surface area contributed by atoms with Gasteiger partial charge in [0, 0.05) is 39.3 Å². The Labute approximate surface area is 242 Å². The normalized spacial score (nSPS) is 28.3. The van der Waals surface area contributed by atoms with Crippen LogP contribution in [0.15, 0.2) is 47.4 Å². The summed E-state index contributed by atoms with van der Waals surface area (Å²) in [6, 6.07) is 4.06. The molecule has 6 nitrogen and oxygen atoms in total. The number of carbonyl (C=O) groups is 1. The molecule has 1 amide bonds. The Morgan fingerprint density at radius 3 is 2.07 bits per heavy atom. The van der Waals surface area contributed by atoms with E-state index in [1.807, 2.05) is 0 Å². The molecule has 0 spiro atoms. The number of rotatable bonds is 4. The second-order valence-corrected chi connectivity index (χ2v) is 15.9. The molecule has 2 aromatic carbocycles. The molecule has 5 rings (SSSR count). The number of amides is 1. The molecule has 1 N–H and O–H groups in total. The van der Waals surface area contributed by atoms with E-state index in [2.05, 4.69) is 0 Å². The first kappa shape index (κ1) is 31.7. The number of benzene rings is 2. The minimum Gasteiger partial charge on any atom is -0.337 e. The first-order chi connectivity index (χ1) is 19.8. The van der Waals surface area contributed by atoms with Crippen molar-refractivity contribution in [3.05, 3.63) is 65.0 Å². The summed E-state index contributed by atoms with van der Waals surface area (Å²) in [7, 11) is -7.42. The number of sulfone groups is 1. The molecule has 2 aromatic rings. The van der Waals surface area contributed by atoms with Crippen LogP contribution in [0.1, 0.15) is 42.4 Å². The maximum absolute atomic E-state index is 14.9. The lowest BCUT2D eigenvalue weighted by Gasteiger charge is -2.43. The molecular weight excluding hydrogens is 632 g/mol. The molecule has 3 aliphatic rings. The third-order valence-electron chi connectivity index (χ3n) is 8.89. The van der Waals surface area contributed by atoms with Crippen LogP contribution in [0.3, 0.4) is 0 Å². The van der Waals surface area contributed by atoms with Crippen LogP contribution in [0.2, 0.25) is 0 Å². The van der Waals surface area contributed by atoms with Crippen molar-refractivity contribution in [2.24, 2.45) is 5.92 Å². The molecule has 0 radical (unpaired) electrons. The Morgan fingerprint density at radius 2 is 1.51 bits per heavy atom. The van der Waals surface area contributed by atoms with Crippen LogP contribution >= 0.6 is 0 Å². The molecule has 16 heteroatoms. The maximum Gasteiger partial charge on any atom is 0.435 e. The molecule has 236 valence electrons. The van der Waals surface area contributed by atoms with Crippen LogP contribution in [-0.2, 0) is 41.2 Å². The Balaban J connectivity index is 1.65. The maximum atomic E-state index is 14.9. The number of nitrogens with one attached hydrogen (secondary N) is 1. The number of nitrogens with zero attached hydrogens (tertiary/aromatic N) is 1. The zero-order valence-corrected chi connectivity index (χ0v) is 23.9. The summed E-state index contributed by atoms with van der Waals surface area (Å²) in [4.78, 5) is 14.6. The van der Waals surface area contributed by atoms with Gasteiger partial charge in [0.2, 0.25) is 5.91 Å². The Bertz CT molecular complexity index is 1630. The Morgan fingerprint density at radius 1 is 0.930 bits per heavy atom. The van der Waals surface area contributed by atoms with Gasteiger partial charge in [-0.3, -0.25) is 9.57 Å². The van der Waals surface area contributed by atoms with E-state index in [-0.39, 0.29) is 72.2 Å². The van der Waals surface area contributed by atoms with E-state index in [0.717, 1.165) is 30.3 Å². The van der Waals surface area contributed by atoms with E-state index in [4.69, 9.17) is 4.78 Å². The van der Waals surface area contributed by atoms with Crippen LogP contribution in [0.4, 0.5) is 35.1 Å². The van der Waals surface area contributed by atoms with Gasteiger partial charge < -0.3 is 4.90 Å². The number of hydrogen-bond acceptors (Lipinski definition) is 5. The van der Waals surface area contributed by atoms with Crippen molar-refractivity contribution < 1.29 is 52.5 Å². The first-order valence-corrected chi connectivity index (χ1v) is 16.7. The highest BCUT2D eigenvalue weighted by Gasteiger charge is 2.74. The molecule has 0 aromatic heterocycles. The standard InChI is InChI=1S/C27H26F8N2O4S2/c28-19-3-5-20(6-4-19)43(40,41)24-11-12-37(23(38)16-9-13-42(36,39)14-10-16)22(24)8-1-17-15-18(2-7-21(17)24)25(29,26(30,31)32)27(33,34)35/h2-7,15-16,22,36H,1,8-14H2/t16?,22-,24-,42?/m0/s1. The molecule has 0 saturated carbocycles. The number of alkyl halides is 7. The third-order valence-corrected chi connectivity index (χ3v) is 13.2. The van der Waals surface area contributed by atoms with Crippen LogP contribution in [-0.4, -0.2) is 59.9 Å². The highest BCUT2D eigenvalue weighted by Crippen LogP contribution is 2.57. The van der Waals surface area contributed by atoms with Gasteiger partial charge in [-0.1, -0.05) is 18.2 Å². The van der Waals surface area contributed by atoms with Gasteiger partial charge in [0.15, 0.2) is 9.84 Å². The lowest BCUT2D eigenvalue weighted by Crippen LogP contribution is -2.54. The van der Waals surface area contributed by atoms with Crippen molar-refractivity contribution >= 4 is 25.5 Å². The molecule has 0 unspecified atom stereocenters. The summed E-state index contributed by atoms with van der Waals surface area (Å²) in [5.41, 5.74) is -7.86.